The third-order valence-corrected chi connectivity index (χ3v) is 3.46. The normalized spacial score (nSPS) is 18.8. The molecular formula is C14H18N4. The van der Waals surface area contributed by atoms with Crippen molar-refractivity contribution < 1.29 is 0 Å². The van der Waals surface area contributed by atoms with Crippen LogP contribution < -0.4 is 10.6 Å². The zero-order valence-electron chi connectivity index (χ0n) is 10.6. The van der Waals surface area contributed by atoms with E-state index >= 15 is 0 Å². The number of aromatic nitrogens is 2. The minimum Gasteiger partial charge on any atom is -0.350 e. The molecule has 2 heterocycles. The lowest BCUT2D eigenvalue weighted by atomic mass is 10.0. The van der Waals surface area contributed by atoms with Gasteiger partial charge in [-0.25, -0.2) is 0 Å². The van der Waals surface area contributed by atoms with Crippen LogP contribution in [0.3, 0.4) is 0 Å². The van der Waals surface area contributed by atoms with Gasteiger partial charge in [0.15, 0.2) is 5.82 Å². The number of hydrogen-bond donors (Lipinski definition) is 1. The van der Waals surface area contributed by atoms with E-state index in [0.717, 1.165) is 25.3 Å². The summed E-state index contributed by atoms with van der Waals surface area (Å²) in [5.74, 6) is 1.04. The maximum Gasteiger partial charge on any atom is 0.155 e. The molecule has 2 N–H and O–H groups in total. The summed E-state index contributed by atoms with van der Waals surface area (Å²) in [4.78, 5) is 2.31. The number of rotatable bonds is 2. The topological polar surface area (TPSA) is 47.1 Å². The maximum atomic E-state index is 6.14. The van der Waals surface area contributed by atoms with Gasteiger partial charge in [0.25, 0.3) is 0 Å². The molecule has 0 bridgehead atoms. The van der Waals surface area contributed by atoms with Crippen LogP contribution in [-0.2, 0) is 13.6 Å². The van der Waals surface area contributed by atoms with Crippen molar-refractivity contribution in [3.05, 3.63) is 47.7 Å². The second-order valence-corrected chi connectivity index (χ2v) is 4.88. The van der Waals surface area contributed by atoms with Crippen molar-refractivity contribution >= 4 is 5.82 Å². The minimum atomic E-state index is 0.126. The number of fused-ring (bicyclic) bond motifs is 1. The van der Waals surface area contributed by atoms with Crippen LogP contribution in [-0.4, -0.2) is 16.3 Å². The van der Waals surface area contributed by atoms with Crippen molar-refractivity contribution in [3.8, 4) is 0 Å². The molecule has 1 aromatic carbocycles. The highest BCUT2D eigenvalue weighted by atomic mass is 15.3. The second-order valence-electron chi connectivity index (χ2n) is 4.88. The molecule has 0 spiro atoms. The van der Waals surface area contributed by atoms with Crippen LogP contribution in [0, 0.1) is 0 Å². The summed E-state index contributed by atoms with van der Waals surface area (Å²) in [5.41, 5.74) is 8.61. The first-order chi connectivity index (χ1) is 8.74. The first-order valence-electron chi connectivity index (χ1n) is 6.32. The van der Waals surface area contributed by atoms with E-state index in [1.807, 2.05) is 24.0 Å². The van der Waals surface area contributed by atoms with Crippen molar-refractivity contribution in [3.63, 3.8) is 0 Å². The molecule has 0 saturated carbocycles. The summed E-state index contributed by atoms with van der Waals surface area (Å²) in [6.45, 7) is 1.87. The standard InChI is InChI=1S/C14H18N4/c1-17-10-12-13(15)7-8-18(14(12)16-17)9-11-5-3-2-4-6-11/h2-6,10,13H,7-9,15H2,1H3. The van der Waals surface area contributed by atoms with Crippen molar-refractivity contribution in [2.45, 2.75) is 19.0 Å². The van der Waals surface area contributed by atoms with Gasteiger partial charge in [0.2, 0.25) is 0 Å². The van der Waals surface area contributed by atoms with Crippen LogP contribution in [0.4, 0.5) is 5.82 Å². The van der Waals surface area contributed by atoms with Gasteiger partial charge in [-0.2, -0.15) is 5.10 Å². The highest BCUT2D eigenvalue weighted by molar-refractivity contribution is 5.50. The van der Waals surface area contributed by atoms with Crippen molar-refractivity contribution in [2.24, 2.45) is 12.8 Å². The number of hydrogen-bond acceptors (Lipinski definition) is 3. The number of nitrogens with two attached hydrogens (primary N) is 1. The summed E-state index contributed by atoms with van der Waals surface area (Å²) in [6, 6.07) is 10.6. The van der Waals surface area contributed by atoms with Crippen molar-refractivity contribution in [1.82, 2.24) is 9.78 Å². The van der Waals surface area contributed by atoms with E-state index in [9.17, 15) is 0 Å². The Bertz CT molecular complexity index is 532. The number of anilines is 1. The minimum absolute atomic E-state index is 0.126. The van der Waals surface area contributed by atoms with Gasteiger partial charge in [-0.05, 0) is 12.0 Å². The Kier molecular flexibility index (Phi) is 2.80. The third-order valence-electron chi connectivity index (χ3n) is 3.46. The molecular weight excluding hydrogens is 224 g/mol. The molecule has 4 nitrogen and oxygen atoms in total. The Labute approximate surface area is 107 Å². The van der Waals surface area contributed by atoms with E-state index in [1.54, 1.807) is 0 Å². The molecule has 0 amide bonds. The monoisotopic (exact) mass is 242 g/mol. The van der Waals surface area contributed by atoms with E-state index in [4.69, 9.17) is 5.73 Å². The van der Waals surface area contributed by atoms with Gasteiger partial charge >= 0.3 is 0 Å². The molecule has 1 aliphatic heterocycles. The molecule has 94 valence electrons. The summed E-state index contributed by atoms with van der Waals surface area (Å²) in [5, 5.41) is 4.54. The summed E-state index contributed by atoms with van der Waals surface area (Å²) >= 11 is 0. The molecule has 1 aromatic heterocycles. The van der Waals surface area contributed by atoms with Crippen molar-refractivity contribution in [2.75, 3.05) is 11.4 Å². The zero-order valence-corrected chi connectivity index (χ0v) is 10.6. The second kappa shape index (κ2) is 4.46. The molecule has 0 fully saturated rings. The SMILES string of the molecule is Cn1cc2c(n1)N(Cc1ccccc1)CCC2N. The molecule has 0 radical (unpaired) electrons. The van der Waals surface area contributed by atoms with E-state index in [0.29, 0.717) is 0 Å². The Hall–Kier alpha value is -1.81. The Morgan fingerprint density at radius 1 is 1.33 bits per heavy atom. The van der Waals surface area contributed by atoms with Gasteiger partial charge in [-0.3, -0.25) is 4.68 Å². The number of benzene rings is 1. The fraction of sp³-hybridized carbons (Fsp3) is 0.357. The fourth-order valence-electron chi connectivity index (χ4n) is 2.52. The molecule has 4 heteroatoms. The number of nitrogens with zero attached hydrogens (tertiary/aromatic N) is 3. The molecule has 2 aromatic rings. The Morgan fingerprint density at radius 2 is 2.11 bits per heavy atom. The summed E-state index contributed by atoms with van der Waals surface area (Å²) in [7, 11) is 1.95. The lowest BCUT2D eigenvalue weighted by Crippen LogP contribution is -2.33. The van der Waals surface area contributed by atoms with Gasteiger partial charge in [-0.1, -0.05) is 30.3 Å². The molecule has 1 atom stereocenters. The van der Waals surface area contributed by atoms with Gasteiger partial charge in [0.05, 0.1) is 0 Å². The van der Waals surface area contributed by atoms with Crippen LogP contribution in [0.25, 0.3) is 0 Å². The molecule has 18 heavy (non-hydrogen) atoms. The first kappa shape index (κ1) is 11.3. The average Bonchev–Trinajstić information content (AvgIpc) is 2.77. The van der Waals surface area contributed by atoms with E-state index < -0.39 is 0 Å². The largest absolute Gasteiger partial charge is 0.350 e. The van der Waals surface area contributed by atoms with E-state index in [-0.39, 0.29) is 6.04 Å². The summed E-state index contributed by atoms with van der Waals surface area (Å²) < 4.78 is 1.86. The van der Waals surface area contributed by atoms with E-state index in [2.05, 4.69) is 34.3 Å². The highest BCUT2D eigenvalue weighted by Crippen LogP contribution is 2.31. The van der Waals surface area contributed by atoms with Crippen LogP contribution in [0.1, 0.15) is 23.6 Å². The number of aryl methyl sites for hydroxylation is 1. The molecule has 1 unspecified atom stereocenters. The fourth-order valence-corrected chi connectivity index (χ4v) is 2.52. The van der Waals surface area contributed by atoms with Crippen LogP contribution in [0.15, 0.2) is 36.5 Å². The van der Waals surface area contributed by atoms with Gasteiger partial charge in [0, 0.05) is 37.9 Å². The highest BCUT2D eigenvalue weighted by Gasteiger charge is 2.25. The lowest BCUT2D eigenvalue weighted by Gasteiger charge is -2.30. The predicted molar refractivity (Wildman–Crippen MR) is 72.2 cm³/mol. The quantitative estimate of drug-likeness (QED) is 0.874. The van der Waals surface area contributed by atoms with Crippen LogP contribution >= 0.6 is 0 Å². The molecule has 3 rings (SSSR count). The lowest BCUT2D eigenvalue weighted by molar-refractivity contribution is 0.587. The van der Waals surface area contributed by atoms with Gasteiger partial charge < -0.3 is 10.6 Å². The Balaban J connectivity index is 1.88. The van der Waals surface area contributed by atoms with Crippen LogP contribution in [0.5, 0.6) is 0 Å². The third kappa shape index (κ3) is 1.99. The van der Waals surface area contributed by atoms with Gasteiger partial charge in [0.1, 0.15) is 0 Å². The molecule has 0 saturated heterocycles. The smallest absolute Gasteiger partial charge is 0.155 e. The molecule has 1 aliphatic rings. The zero-order chi connectivity index (χ0) is 12.5. The van der Waals surface area contributed by atoms with Crippen LogP contribution in [0.2, 0.25) is 0 Å². The van der Waals surface area contributed by atoms with Crippen molar-refractivity contribution in [1.29, 1.82) is 0 Å². The maximum absolute atomic E-state index is 6.14. The first-order valence-corrected chi connectivity index (χ1v) is 6.32. The average molecular weight is 242 g/mol. The van der Waals surface area contributed by atoms with Gasteiger partial charge in [-0.15, -0.1) is 0 Å². The predicted octanol–water partition coefficient (Wildman–Crippen LogP) is 1.83. The summed E-state index contributed by atoms with van der Waals surface area (Å²) in [6.07, 6.45) is 3.03. The Morgan fingerprint density at radius 3 is 2.89 bits per heavy atom. The molecule has 0 aliphatic carbocycles. The van der Waals surface area contributed by atoms with E-state index in [1.165, 1.54) is 11.1 Å².